The maximum Gasteiger partial charge on any atom is 0.450 e. The highest BCUT2D eigenvalue weighted by Crippen LogP contribution is 2.38. The largest absolute Gasteiger partial charge is 0.451 e. The van der Waals surface area contributed by atoms with Crippen molar-refractivity contribution in [1.29, 1.82) is 0 Å². The lowest BCUT2D eigenvalue weighted by Crippen LogP contribution is -2.17. The lowest BCUT2D eigenvalue weighted by molar-refractivity contribution is -0.153. The van der Waals surface area contributed by atoms with Gasteiger partial charge >= 0.3 is 12.4 Å². The molecule has 0 saturated heterocycles. The molecule has 0 unspecified atom stereocenters. The van der Waals surface area contributed by atoms with Crippen LogP contribution in [0, 0.1) is 5.82 Å². The van der Waals surface area contributed by atoms with E-state index in [4.69, 9.17) is 9.52 Å². The lowest BCUT2D eigenvalue weighted by atomic mass is 10.1. The number of carbonyl (C=O) groups excluding carboxylic acids is 1. The molecule has 0 bridgehead atoms. The zero-order valence-corrected chi connectivity index (χ0v) is 15.2. The van der Waals surface area contributed by atoms with Gasteiger partial charge in [0, 0.05) is 11.3 Å². The van der Waals surface area contributed by atoms with Gasteiger partial charge in [-0.15, -0.1) is 0 Å². The molecule has 2 aromatic carbocycles. The van der Waals surface area contributed by atoms with Crippen LogP contribution in [0.3, 0.4) is 0 Å². The van der Waals surface area contributed by atoms with Crippen molar-refractivity contribution in [2.24, 2.45) is 0 Å². The molecule has 3 aromatic rings. The van der Waals surface area contributed by atoms with Gasteiger partial charge in [-0.3, -0.25) is 4.79 Å². The van der Waals surface area contributed by atoms with E-state index in [1.54, 1.807) is 0 Å². The van der Waals surface area contributed by atoms with Crippen LogP contribution in [-0.2, 0) is 19.0 Å². The van der Waals surface area contributed by atoms with Crippen molar-refractivity contribution in [2.75, 3.05) is 5.32 Å². The first-order valence-corrected chi connectivity index (χ1v) is 8.49. The van der Waals surface area contributed by atoms with Crippen LogP contribution in [-0.4, -0.2) is 11.0 Å². The Morgan fingerprint density at radius 3 is 2.13 bits per heavy atom. The van der Waals surface area contributed by atoms with E-state index in [2.05, 4.69) is 0 Å². The van der Waals surface area contributed by atoms with Crippen LogP contribution in [0.15, 0.2) is 52.9 Å². The highest BCUT2D eigenvalue weighted by Gasteiger charge is 2.40. The summed E-state index contributed by atoms with van der Waals surface area (Å²) in [5, 5.41) is 10.9. The summed E-state index contributed by atoms with van der Waals surface area (Å²) in [4.78, 5) is 12.4. The van der Waals surface area contributed by atoms with E-state index in [0.29, 0.717) is 17.7 Å². The molecule has 164 valence electrons. The van der Waals surface area contributed by atoms with Crippen molar-refractivity contribution < 1.29 is 45.1 Å². The molecule has 1 aromatic heterocycles. The Labute approximate surface area is 169 Å². The summed E-state index contributed by atoms with van der Waals surface area (Å²) >= 11 is 0. The van der Waals surface area contributed by atoms with Gasteiger partial charge in [0.2, 0.25) is 5.76 Å². The van der Waals surface area contributed by atoms with Crippen LogP contribution in [0.4, 0.5) is 36.4 Å². The third-order valence-electron chi connectivity index (χ3n) is 4.14. The molecule has 11 heteroatoms. The Balaban J connectivity index is 1.98. The molecule has 2 N–H and O–H groups in total. The van der Waals surface area contributed by atoms with Crippen LogP contribution < -0.4 is 5.32 Å². The third-order valence-corrected chi connectivity index (χ3v) is 4.14. The summed E-state index contributed by atoms with van der Waals surface area (Å²) in [6.45, 7) is -0.298. The van der Waals surface area contributed by atoms with Crippen LogP contribution in [0.2, 0.25) is 0 Å². The minimum atomic E-state index is -5.09. The quantitative estimate of drug-likeness (QED) is 0.492. The monoisotopic (exact) mass is 447 g/mol. The smallest absolute Gasteiger partial charge is 0.450 e. The minimum Gasteiger partial charge on any atom is -0.451 e. The summed E-state index contributed by atoms with van der Waals surface area (Å²) in [6, 6.07) is 7.45. The maximum absolute atomic E-state index is 13.5. The molecule has 0 aliphatic carbocycles. The van der Waals surface area contributed by atoms with E-state index >= 15 is 0 Å². The number of anilines is 1. The molecule has 0 aliphatic heterocycles. The second-order valence-corrected chi connectivity index (χ2v) is 6.39. The van der Waals surface area contributed by atoms with Gasteiger partial charge in [-0.2, -0.15) is 26.3 Å². The highest BCUT2D eigenvalue weighted by atomic mass is 19.4. The SMILES string of the molecule is O=C(Nc1cc(F)cc(C(F)(F)F)c1)c1cc(-c2ccc(CO)cc2)oc1C(F)(F)F. The van der Waals surface area contributed by atoms with E-state index in [1.165, 1.54) is 24.3 Å². The fourth-order valence-electron chi connectivity index (χ4n) is 2.71. The van der Waals surface area contributed by atoms with Crippen molar-refractivity contribution in [1.82, 2.24) is 0 Å². The van der Waals surface area contributed by atoms with E-state index in [0.717, 1.165) is 6.07 Å². The second kappa shape index (κ2) is 8.06. The molecule has 0 fully saturated rings. The predicted molar refractivity (Wildman–Crippen MR) is 94.4 cm³/mol. The number of nitrogens with one attached hydrogen (secondary N) is 1. The number of hydrogen-bond donors (Lipinski definition) is 2. The summed E-state index contributed by atoms with van der Waals surface area (Å²) in [5.74, 6) is -4.78. The Bertz CT molecular complexity index is 1100. The lowest BCUT2D eigenvalue weighted by Gasteiger charge is -2.11. The minimum absolute atomic E-state index is 0.159. The van der Waals surface area contributed by atoms with Crippen molar-refractivity contribution in [3.63, 3.8) is 0 Å². The standard InChI is InChI=1S/C20H12F7NO3/c21-13-5-12(19(22,23)24)6-14(7-13)28-18(30)15-8-16(31-17(15)20(25,26)27)11-3-1-10(9-29)2-4-11/h1-8,29H,9H2,(H,28,30). The molecule has 31 heavy (non-hydrogen) atoms. The van der Waals surface area contributed by atoms with Gasteiger partial charge in [-0.05, 0) is 29.8 Å². The van der Waals surface area contributed by atoms with Crippen LogP contribution in [0.1, 0.15) is 27.2 Å². The first-order valence-electron chi connectivity index (χ1n) is 8.49. The van der Waals surface area contributed by atoms with Gasteiger partial charge in [0.25, 0.3) is 5.91 Å². The first kappa shape index (κ1) is 22.3. The Morgan fingerprint density at radius 1 is 0.935 bits per heavy atom. The number of hydrogen-bond acceptors (Lipinski definition) is 3. The van der Waals surface area contributed by atoms with Gasteiger partial charge in [-0.25, -0.2) is 4.39 Å². The predicted octanol–water partition coefficient (Wildman–Crippen LogP) is 5.87. The fraction of sp³-hybridized carbons (Fsp3) is 0.150. The number of amides is 1. The molecule has 1 amide bonds. The second-order valence-electron chi connectivity index (χ2n) is 6.39. The number of carbonyl (C=O) groups is 1. The Kier molecular flexibility index (Phi) is 5.81. The Morgan fingerprint density at radius 2 is 1.58 bits per heavy atom. The summed E-state index contributed by atoms with van der Waals surface area (Å²) in [7, 11) is 0. The number of halogens is 7. The zero-order valence-electron chi connectivity index (χ0n) is 15.2. The molecule has 0 spiro atoms. The number of aliphatic hydroxyl groups is 1. The van der Waals surface area contributed by atoms with E-state index in [9.17, 15) is 35.5 Å². The number of furan rings is 1. The van der Waals surface area contributed by atoms with Crippen LogP contribution in [0.25, 0.3) is 11.3 Å². The number of alkyl halides is 6. The molecule has 0 saturated carbocycles. The number of rotatable bonds is 4. The summed E-state index contributed by atoms with van der Waals surface area (Å²) in [6.07, 6.45) is -10.0. The normalized spacial score (nSPS) is 12.1. The summed E-state index contributed by atoms with van der Waals surface area (Å²) < 4.78 is 96.8. The highest BCUT2D eigenvalue weighted by molar-refractivity contribution is 6.05. The topological polar surface area (TPSA) is 62.5 Å². The molecule has 0 radical (unpaired) electrons. The number of benzene rings is 2. The molecule has 3 rings (SSSR count). The van der Waals surface area contributed by atoms with Crippen molar-refractivity contribution in [3.8, 4) is 11.3 Å². The fourth-order valence-corrected chi connectivity index (χ4v) is 2.71. The van der Waals surface area contributed by atoms with Crippen molar-refractivity contribution in [2.45, 2.75) is 19.0 Å². The van der Waals surface area contributed by atoms with Gasteiger partial charge in [0.05, 0.1) is 17.7 Å². The average Bonchev–Trinajstić information content (AvgIpc) is 3.13. The zero-order chi connectivity index (χ0) is 23.0. The van der Waals surface area contributed by atoms with Crippen LogP contribution in [0.5, 0.6) is 0 Å². The van der Waals surface area contributed by atoms with E-state index in [1.807, 2.05) is 5.32 Å². The summed E-state index contributed by atoms with van der Waals surface area (Å²) in [5.41, 5.74) is -2.45. The van der Waals surface area contributed by atoms with Crippen LogP contribution >= 0.6 is 0 Å². The number of aliphatic hydroxyl groups excluding tert-OH is 1. The van der Waals surface area contributed by atoms with Gasteiger partial charge in [0.15, 0.2) is 0 Å². The Hall–Kier alpha value is -3.34. The third kappa shape index (κ3) is 5.05. The molecule has 0 aliphatic rings. The molecule has 1 heterocycles. The molecular weight excluding hydrogens is 435 g/mol. The van der Waals surface area contributed by atoms with E-state index < -0.39 is 46.7 Å². The van der Waals surface area contributed by atoms with E-state index in [-0.39, 0.29) is 24.0 Å². The van der Waals surface area contributed by atoms with Crippen molar-refractivity contribution in [3.05, 3.63) is 76.8 Å². The molecular formula is C20H12F7NO3. The van der Waals surface area contributed by atoms with Crippen molar-refractivity contribution >= 4 is 11.6 Å². The van der Waals surface area contributed by atoms with Gasteiger partial charge in [0.1, 0.15) is 11.6 Å². The van der Waals surface area contributed by atoms with Gasteiger partial charge < -0.3 is 14.8 Å². The first-order chi connectivity index (χ1) is 14.4. The average molecular weight is 447 g/mol. The molecule has 0 atom stereocenters. The molecule has 4 nitrogen and oxygen atoms in total. The maximum atomic E-state index is 13.5. The van der Waals surface area contributed by atoms with Gasteiger partial charge in [-0.1, -0.05) is 24.3 Å².